The maximum Gasteiger partial charge on any atom is 0.416 e. The van der Waals surface area contributed by atoms with Crippen molar-refractivity contribution in [2.24, 2.45) is 0 Å². The highest BCUT2D eigenvalue weighted by Gasteiger charge is 2.49. The average Bonchev–Trinajstić information content (AvgIpc) is 2.79. The van der Waals surface area contributed by atoms with Crippen molar-refractivity contribution in [1.29, 1.82) is 0 Å². The van der Waals surface area contributed by atoms with Crippen molar-refractivity contribution in [1.82, 2.24) is 0 Å². The molecule has 4 rings (SSSR count). The Morgan fingerprint density at radius 2 is 1.53 bits per heavy atom. The van der Waals surface area contributed by atoms with Gasteiger partial charge >= 0.3 is 6.18 Å². The van der Waals surface area contributed by atoms with Gasteiger partial charge in [-0.15, -0.1) is 0 Å². The van der Waals surface area contributed by atoms with Crippen molar-refractivity contribution in [2.45, 2.75) is 37.9 Å². The van der Waals surface area contributed by atoms with E-state index in [1.807, 2.05) is 54.6 Å². The van der Waals surface area contributed by atoms with Crippen molar-refractivity contribution in [3.8, 4) is 5.75 Å². The predicted octanol–water partition coefficient (Wildman–Crippen LogP) is 6.76. The van der Waals surface area contributed by atoms with Crippen molar-refractivity contribution in [3.63, 3.8) is 0 Å². The molecule has 2 unspecified atom stereocenters. The molecule has 1 saturated heterocycles. The second-order valence-electron chi connectivity index (χ2n) is 7.86. The molecule has 6 heteroatoms. The molecule has 0 spiro atoms. The number of amides is 1. The van der Waals surface area contributed by atoms with Gasteiger partial charge in [-0.25, -0.2) is 0 Å². The number of benzene rings is 3. The van der Waals surface area contributed by atoms with Gasteiger partial charge < -0.3 is 9.64 Å². The molecule has 2 atom stereocenters. The first-order chi connectivity index (χ1) is 15.4. The molecule has 32 heavy (non-hydrogen) atoms. The summed E-state index contributed by atoms with van der Waals surface area (Å²) < 4.78 is 44.7. The fourth-order valence-electron chi connectivity index (χ4n) is 4.01. The Hall–Kier alpha value is -3.28. The minimum absolute atomic E-state index is 0.135. The minimum Gasteiger partial charge on any atom is -0.494 e. The number of unbranched alkanes of at least 4 members (excludes halogenated alkanes) is 1. The molecule has 1 aliphatic rings. The van der Waals surface area contributed by atoms with Crippen LogP contribution in [0.1, 0.15) is 48.4 Å². The maximum atomic E-state index is 13.1. The van der Waals surface area contributed by atoms with Crippen LogP contribution in [0.3, 0.4) is 0 Å². The van der Waals surface area contributed by atoms with E-state index in [9.17, 15) is 18.0 Å². The van der Waals surface area contributed by atoms with E-state index in [1.165, 1.54) is 12.1 Å². The monoisotopic (exact) mass is 439 g/mol. The summed E-state index contributed by atoms with van der Waals surface area (Å²) in [6, 6.07) is 21.5. The topological polar surface area (TPSA) is 29.5 Å². The number of alkyl halides is 3. The molecule has 0 radical (unpaired) electrons. The highest BCUT2D eigenvalue weighted by Crippen LogP contribution is 2.49. The van der Waals surface area contributed by atoms with Crippen LogP contribution in [0.4, 0.5) is 18.9 Å². The zero-order chi connectivity index (χ0) is 22.7. The number of anilines is 1. The van der Waals surface area contributed by atoms with Crippen LogP contribution < -0.4 is 9.64 Å². The first-order valence-electron chi connectivity index (χ1n) is 10.7. The summed E-state index contributed by atoms with van der Waals surface area (Å²) in [5, 5.41) is 0. The van der Waals surface area contributed by atoms with Crippen LogP contribution >= 0.6 is 0 Å². The van der Waals surface area contributed by atoms with Gasteiger partial charge in [-0.05, 0) is 53.9 Å². The van der Waals surface area contributed by atoms with Crippen molar-refractivity contribution < 1.29 is 22.7 Å². The zero-order valence-corrected chi connectivity index (χ0v) is 17.7. The van der Waals surface area contributed by atoms with E-state index < -0.39 is 17.7 Å². The number of carbonyl (C=O) groups excluding carboxylic acids is 1. The minimum atomic E-state index is -4.42. The Labute approximate surface area is 185 Å². The van der Waals surface area contributed by atoms with Crippen molar-refractivity contribution in [3.05, 3.63) is 95.6 Å². The van der Waals surface area contributed by atoms with Gasteiger partial charge in [0.2, 0.25) is 5.91 Å². The van der Waals surface area contributed by atoms with E-state index in [2.05, 4.69) is 6.92 Å². The summed E-state index contributed by atoms with van der Waals surface area (Å²) >= 11 is 0. The summed E-state index contributed by atoms with van der Waals surface area (Å²) in [4.78, 5) is 14.7. The molecule has 1 heterocycles. The SMILES string of the molecule is CCCCOc1ccc(C2C(c3ccccc3)C(=O)N2c2ccc(C(F)(F)F)cc2)cc1. The molecule has 0 aromatic heterocycles. The lowest BCUT2D eigenvalue weighted by Crippen LogP contribution is -2.53. The van der Waals surface area contributed by atoms with Gasteiger partial charge in [0.15, 0.2) is 0 Å². The van der Waals surface area contributed by atoms with Gasteiger partial charge in [-0.2, -0.15) is 13.2 Å². The van der Waals surface area contributed by atoms with Crippen LogP contribution in [0, 0.1) is 0 Å². The Balaban J connectivity index is 1.65. The second kappa shape index (κ2) is 9.07. The van der Waals surface area contributed by atoms with Crippen LogP contribution in [-0.4, -0.2) is 12.5 Å². The second-order valence-corrected chi connectivity index (χ2v) is 7.86. The lowest BCUT2D eigenvalue weighted by atomic mass is 9.77. The molecule has 0 bridgehead atoms. The summed E-state index contributed by atoms with van der Waals surface area (Å²) in [6.07, 6.45) is -2.41. The van der Waals surface area contributed by atoms with E-state index in [0.29, 0.717) is 12.3 Å². The summed E-state index contributed by atoms with van der Waals surface area (Å²) in [6.45, 7) is 2.74. The smallest absolute Gasteiger partial charge is 0.416 e. The van der Waals surface area contributed by atoms with E-state index in [1.54, 1.807) is 4.90 Å². The number of nitrogens with zero attached hydrogens (tertiary/aromatic N) is 1. The molecule has 166 valence electrons. The Kier molecular flexibility index (Phi) is 6.21. The first kappa shape index (κ1) is 21.9. The summed E-state index contributed by atoms with van der Waals surface area (Å²) in [7, 11) is 0. The van der Waals surface area contributed by atoms with Gasteiger partial charge in [-0.3, -0.25) is 4.79 Å². The molecule has 0 N–H and O–H groups in total. The molecule has 0 saturated carbocycles. The highest BCUT2D eigenvalue weighted by molar-refractivity contribution is 6.06. The quantitative estimate of drug-likeness (QED) is 0.301. The molecule has 0 aliphatic carbocycles. The molecule has 1 aliphatic heterocycles. The predicted molar refractivity (Wildman–Crippen MR) is 118 cm³/mol. The van der Waals surface area contributed by atoms with Crippen molar-refractivity contribution in [2.75, 3.05) is 11.5 Å². The summed E-state index contributed by atoms with van der Waals surface area (Å²) in [5.74, 6) is 0.222. The Morgan fingerprint density at radius 3 is 2.12 bits per heavy atom. The van der Waals surface area contributed by atoms with Crippen LogP contribution in [0.25, 0.3) is 0 Å². The van der Waals surface area contributed by atoms with Crippen LogP contribution in [0.2, 0.25) is 0 Å². The fourth-order valence-corrected chi connectivity index (χ4v) is 4.01. The lowest BCUT2D eigenvalue weighted by Gasteiger charge is -2.47. The molecular weight excluding hydrogens is 415 g/mol. The van der Waals surface area contributed by atoms with Gasteiger partial charge in [0, 0.05) is 5.69 Å². The summed E-state index contributed by atoms with van der Waals surface area (Å²) in [5.41, 5.74) is 1.50. The van der Waals surface area contributed by atoms with E-state index in [-0.39, 0.29) is 11.9 Å². The van der Waals surface area contributed by atoms with E-state index in [4.69, 9.17) is 4.74 Å². The van der Waals surface area contributed by atoms with Gasteiger partial charge in [-0.1, -0.05) is 55.8 Å². The molecule has 1 amide bonds. The standard InChI is InChI=1S/C26H24F3NO2/c1-2-3-17-32-22-15-9-19(10-16-22)24-23(18-7-5-4-6-8-18)25(31)30(24)21-13-11-20(12-14-21)26(27,28)29/h4-16,23-24H,2-3,17H2,1H3. The third-order valence-electron chi connectivity index (χ3n) is 5.72. The van der Waals surface area contributed by atoms with Crippen LogP contribution in [-0.2, 0) is 11.0 Å². The molecule has 1 fully saturated rings. The number of hydrogen-bond donors (Lipinski definition) is 0. The number of rotatable bonds is 7. The number of β-lactam (4-membered cyclic amide) rings is 1. The largest absolute Gasteiger partial charge is 0.494 e. The molecular formula is C26H24F3NO2. The van der Waals surface area contributed by atoms with Crippen molar-refractivity contribution >= 4 is 11.6 Å². The molecule has 3 aromatic carbocycles. The highest BCUT2D eigenvalue weighted by atomic mass is 19.4. The van der Waals surface area contributed by atoms with Gasteiger partial charge in [0.1, 0.15) is 5.75 Å². The number of carbonyl (C=O) groups is 1. The van der Waals surface area contributed by atoms with E-state index in [0.717, 1.165) is 41.9 Å². The molecule has 3 aromatic rings. The average molecular weight is 439 g/mol. The third kappa shape index (κ3) is 4.35. The number of hydrogen-bond acceptors (Lipinski definition) is 2. The van der Waals surface area contributed by atoms with E-state index >= 15 is 0 Å². The van der Waals surface area contributed by atoms with Crippen LogP contribution in [0.15, 0.2) is 78.9 Å². The first-order valence-corrected chi connectivity index (χ1v) is 10.7. The number of halogens is 3. The normalized spacial score (nSPS) is 18.4. The van der Waals surface area contributed by atoms with Gasteiger partial charge in [0.05, 0.1) is 24.1 Å². The Morgan fingerprint density at radius 1 is 0.875 bits per heavy atom. The third-order valence-corrected chi connectivity index (χ3v) is 5.72. The maximum absolute atomic E-state index is 13.1. The Bertz CT molecular complexity index is 1050. The lowest BCUT2D eigenvalue weighted by molar-refractivity contribution is -0.137. The van der Waals surface area contributed by atoms with Gasteiger partial charge in [0.25, 0.3) is 0 Å². The number of ether oxygens (including phenoxy) is 1. The molecule has 3 nitrogen and oxygen atoms in total. The van der Waals surface area contributed by atoms with Crippen LogP contribution in [0.5, 0.6) is 5.75 Å². The zero-order valence-electron chi connectivity index (χ0n) is 17.7. The fraction of sp³-hybridized carbons (Fsp3) is 0.269.